The predicted octanol–water partition coefficient (Wildman–Crippen LogP) is 2.12. The quantitative estimate of drug-likeness (QED) is 0.624. The second kappa shape index (κ2) is 5.41. The molecular formula is C12H11F4NO4S. The van der Waals surface area contributed by atoms with E-state index in [2.05, 4.69) is 0 Å². The second-order valence-electron chi connectivity index (χ2n) is 4.72. The summed E-state index contributed by atoms with van der Waals surface area (Å²) in [5.74, 6) is -0.920. The number of hydrogen-bond acceptors (Lipinski definition) is 4. The van der Waals surface area contributed by atoms with Gasteiger partial charge in [0.25, 0.3) is 0 Å². The van der Waals surface area contributed by atoms with Crippen LogP contribution in [0.25, 0.3) is 0 Å². The van der Waals surface area contributed by atoms with Crippen LogP contribution in [0.3, 0.4) is 0 Å². The molecule has 1 unspecified atom stereocenters. The van der Waals surface area contributed by atoms with Crippen molar-refractivity contribution in [2.75, 3.05) is 18.6 Å². The van der Waals surface area contributed by atoms with Gasteiger partial charge in [0.15, 0.2) is 0 Å². The summed E-state index contributed by atoms with van der Waals surface area (Å²) in [6, 6.07) is 2.58. The minimum atomic E-state index is -4.95. The smallest absolute Gasteiger partial charge is 0.416 e. The highest BCUT2D eigenvalue weighted by Gasteiger charge is 2.40. The van der Waals surface area contributed by atoms with Crippen molar-refractivity contribution >= 4 is 21.8 Å². The molecule has 22 heavy (non-hydrogen) atoms. The molecule has 0 aromatic heterocycles. The highest BCUT2D eigenvalue weighted by atomic mass is 32.3. The van der Waals surface area contributed by atoms with E-state index in [9.17, 15) is 30.3 Å². The Morgan fingerprint density at radius 2 is 1.91 bits per heavy atom. The fourth-order valence-corrected chi connectivity index (χ4v) is 2.80. The van der Waals surface area contributed by atoms with Crippen molar-refractivity contribution in [1.82, 2.24) is 0 Å². The maximum absolute atomic E-state index is 13.0. The van der Waals surface area contributed by atoms with Crippen LogP contribution < -0.4 is 9.64 Å². The average molecular weight is 341 g/mol. The Morgan fingerprint density at radius 3 is 2.36 bits per heavy atom. The third-order valence-corrected chi connectivity index (χ3v) is 4.37. The second-order valence-corrected chi connectivity index (χ2v) is 6.34. The molecule has 2 rings (SSSR count). The van der Waals surface area contributed by atoms with E-state index in [1.807, 2.05) is 0 Å². The first-order chi connectivity index (χ1) is 10.0. The average Bonchev–Trinajstić information content (AvgIpc) is 2.79. The van der Waals surface area contributed by atoms with Crippen LogP contribution in [-0.2, 0) is 21.2 Å². The lowest BCUT2D eigenvalue weighted by atomic mass is 10.1. The van der Waals surface area contributed by atoms with Crippen LogP contribution >= 0.6 is 0 Å². The number of halogens is 4. The Labute approximate surface area is 123 Å². The van der Waals surface area contributed by atoms with Crippen molar-refractivity contribution in [2.45, 2.75) is 17.8 Å². The maximum atomic E-state index is 13.0. The SMILES string of the molecule is COc1cc(N2CC(S(=O)(=O)F)CC2=O)cc(C(F)(F)F)c1. The number of nitrogens with zero attached hydrogens (tertiary/aromatic N) is 1. The van der Waals surface area contributed by atoms with Gasteiger partial charge in [-0.3, -0.25) is 4.79 Å². The maximum Gasteiger partial charge on any atom is 0.416 e. The Morgan fingerprint density at radius 1 is 1.27 bits per heavy atom. The van der Waals surface area contributed by atoms with Gasteiger partial charge in [0, 0.05) is 24.7 Å². The van der Waals surface area contributed by atoms with Crippen LogP contribution in [0.1, 0.15) is 12.0 Å². The van der Waals surface area contributed by atoms with Crippen molar-refractivity contribution < 1.29 is 35.0 Å². The van der Waals surface area contributed by atoms with Crippen LogP contribution in [0.15, 0.2) is 18.2 Å². The summed E-state index contributed by atoms with van der Waals surface area (Å²) < 4.78 is 77.9. The monoisotopic (exact) mass is 341 g/mol. The van der Waals surface area contributed by atoms with E-state index in [1.54, 1.807) is 0 Å². The molecule has 1 aromatic rings. The number of rotatable bonds is 3. The van der Waals surface area contributed by atoms with E-state index < -0.39 is 46.1 Å². The third-order valence-electron chi connectivity index (χ3n) is 3.25. The van der Waals surface area contributed by atoms with E-state index in [0.717, 1.165) is 24.1 Å². The van der Waals surface area contributed by atoms with Gasteiger partial charge in [-0.1, -0.05) is 0 Å². The topological polar surface area (TPSA) is 63.7 Å². The molecule has 0 N–H and O–H groups in total. The number of carbonyl (C=O) groups is 1. The summed E-state index contributed by atoms with van der Waals surface area (Å²) in [4.78, 5) is 12.6. The van der Waals surface area contributed by atoms with Gasteiger partial charge < -0.3 is 9.64 Å². The zero-order valence-corrected chi connectivity index (χ0v) is 12.0. The molecular weight excluding hydrogens is 330 g/mol. The van der Waals surface area contributed by atoms with Crippen molar-refractivity contribution in [1.29, 1.82) is 0 Å². The lowest BCUT2D eigenvalue weighted by Crippen LogP contribution is -2.27. The third kappa shape index (κ3) is 3.32. The summed E-state index contributed by atoms with van der Waals surface area (Å²) in [5.41, 5.74) is -1.25. The summed E-state index contributed by atoms with van der Waals surface area (Å²) in [6.07, 6.45) is -5.28. The molecule has 122 valence electrons. The van der Waals surface area contributed by atoms with Crippen LogP contribution in [0, 0.1) is 0 Å². The Kier molecular flexibility index (Phi) is 4.07. The standard InChI is InChI=1S/C12H11F4NO4S/c1-21-9-3-7(12(13,14)15)2-8(4-9)17-6-10(5-11(17)18)22(16,19)20/h2-4,10H,5-6H2,1H3. The van der Waals surface area contributed by atoms with Crippen molar-refractivity contribution in [3.05, 3.63) is 23.8 Å². The number of hydrogen-bond donors (Lipinski definition) is 0. The van der Waals surface area contributed by atoms with Gasteiger partial charge in [-0.2, -0.15) is 21.6 Å². The Hall–Kier alpha value is -1.84. The molecule has 0 radical (unpaired) electrons. The van der Waals surface area contributed by atoms with Gasteiger partial charge in [-0.25, -0.2) is 0 Å². The molecule has 0 saturated carbocycles. The van der Waals surface area contributed by atoms with Gasteiger partial charge in [0.2, 0.25) is 5.91 Å². The molecule has 1 fully saturated rings. The molecule has 1 atom stereocenters. The summed E-state index contributed by atoms with van der Waals surface area (Å²) in [5, 5.41) is -1.58. The molecule has 1 heterocycles. The number of benzene rings is 1. The van der Waals surface area contributed by atoms with E-state index >= 15 is 0 Å². The summed E-state index contributed by atoms with van der Waals surface area (Å²) in [7, 11) is -3.79. The first kappa shape index (κ1) is 16.5. The van der Waals surface area contributed by atoms with Crippen LogP contribution in [0.5, 0.6) is 5.75 Å². The van der Waals surface area contributed by atoms with Gasteiger partial charge in [-0.05, 0) is 12.1 Å². The summed E-state index contributed by atoms with van der Waals surface area (Å²) in [6.45, 7) is -0.540. The number of carbonyl (C=O) groups excluding carboxylic acids is 1. The van der Waals surface area contributed by atoms with Gasteiger partial charge >= 0.3 is 16.4 Å². The normalized spacial score (nSPS) is 19.6. The van der Waals surface area contributed by atoms with E-state index in [0.29, 0.717) is 6.07 Å². The molecule has 0 aliphatic carbocycles. The van der Waals surface area contributed by atoms with E-state index in [4.69, 9.17) is 4.74 Å². The minimum absolute atomic E-state index is 0.149. The van der Waals surface area contributed by atoms with Gasteiger partial charge in [0.1, 0.15) is 11.0 Å². The largest absolute Gasteiger partial charge is 0.497 e. The fourth-order valence-electron chi connectivity index (χ4n) is 2.13. The minimum Gasteiger partial charge on any atom is -0.497 e. The van der Waals surface area contributed by atoms with Crippen molar-refractivity contribution in [3.63, 3.8) is 0 Å². The number of amides is 1. The highest BCUT2D eigenvalue weighted by molar-refractivity contribution is 7.87. The molecule has 1 aliphatic heterocycles. The fraction of sp³-hybridized carbons (Fsp3) is 0.417. The first-order valence-corrected chi connectivity index (χ1v) is 7.47. The van der Waals surface area contributed by atoms with Gasteiger partial charge in [0.05, 0.1) is 12.7 Å². The molecule has 0 bridgehead atoms. The lowest BCUT2D eigenvalue weighted by molar-refractivity contribution is -0.137. The van der Waals surface area contributed by atoms with Crippen molar-refractivity contribution in [2.24, 2.45) is 0 Å². The predicted molar refractivity (Wildman–Crippen MR) is 68.8 cm³/mol. The number of ether oxygens (including phenoxy) is 1. The number of anilines is 1. The van der Waals surface area contributed by atoms with E-state index in [-0.39, 0.29) is 11.4 Å². The molecule has 1 amide bonds. The first-order valence-electron chi connectivity index (χ1n) is 6.02. The summed E-state index contributed by atoms with van der Waals surface area (Å²) >= 11 is 0. The Balaban J connectivity index is 2.42. The number of methoxy groups -OCH3 is 1. The molecule has 1 saturated heterocycles. The van der Waals surface area contributed by atoms with Crippen LogP contribution in [0.2, 0.25) is 0 Å². The highest BCUT2D eigenvalue weighted by Crippen LogP contribution is 2.36. The van der Waals surface area contributed by atoms with Crippen LogP contribution in [0.4, 0.5) is 22.7 Å². The molecule has 0 spiro atoms. The number of alkyl halides is 3. The van der Waals surface area contributed by atoms with Crippen LogP contribution in [-0.4, -0.2) is 33.2 Å². The Bertz CT molecular complexity index is 702. The molecule has 1 aliphatic rings. The van der Waals surface area contributed by atoms with Crippen molar-refractivity contribution in [3.8, 4) is 5.75 Å². The molecule has 5 nitrogen and oxygen atoms in total. The lowest BCUT2D eigenvalue weighted by Gasteiger charge is -2.19. The molecule has 1 aromatic carbocycles. The van der Waals surface area contributed by atoms with E-state index in [1.165, 1.54) is 0 Å². The molecule has 10 heteroatoms. The van der Waals surface area contributed by atoms with Gasteiger partial charge in [-0.15, -0.1) is 3.89 Å². The zero-order chi connectivity index (χ0) is 16.7. The zero-order valence-electron chi connectivity index (χ0n) is 11.2.